The Morgan fingerprint density at radius 3 is 2.54 bits per heavy atom. The Hall–Kier alpha value is -3.39. The van der Waals surface area contributed by atoms with Crippen LogP contribution in [0.3, 0.4) is 0 Å². The highest BCUT2D eigenvalue weighted by Crippen LogP contribution is 2.35. The lowest BCUT2D eigenvalue weighted by Gasteiger charge is -2.23. The molecule has 0 bridgehead atoms. The summed E-state index contributed by atoms with van der Waals surface area (Å²) in [7, 11) is -3.90. The summed E-state index contributed by atoms with van der Waals surface area (Å²) in [5.41, 5.74) is 4.85. The fourth-order valence-electron chi connectivity index (χ4n) is 4.72. The molecule has 0 saturated carbocycles. The molecule has 0 aliphatic heterocycles. The predicted molar refractivity (Wildman–Crippen MR) is 152 cm³/mol. The molecule has 2 aromatic rings. The number of carbonyl (C=O) groups excluding carboxylic acids is 1. The fourth-order valence-corrected chi connectivity index (χ4v) is 5.80. The van der Waals surface area contributed by atoms with E-state index in [0.29, 0.717) is 30.2 Å². The molecule has 7 nitrogen and oxygen atoms in total. The maximum Gasteiger partial charge on any atom is 0.344 e. The van der Waals surface area contributed by atoms with E-state index in [1.54, 1.807) is 18.3 Å². The van der Waals surface area contributed by atoms with Crippen molar-refractivity contribution in [2.45, 2.75) is 83.3 Å². The van der Waals surface area contributed by atoms with Gasteiger partial charge >= 0.3 is 5.97 Å². The van der Waals surface area contributed by atoms with Crippen LogP contribution in [-0.4, -0.2) is 31.6 Å². The highest BCUT2D eigenvalue weighted by molar-refractivity contribution is 7.89. The van der Waals surface area contributed by atoms with Gasteiger partial charge in [0.15, 0.2) is 11.6 Å². The molecule has 39 heavy (non-hydrogen) atoms. The average Bonchev–Trinajstić information content (AvgIpc) is 3.09. The second-order valence-corrected chi connectivity index (χ2v) is 12.9. The van der Waals surface area contributed by atoms with Gasteiger partial charge < -0.3 is 9.47 Å². The standard InChI is InChI=1S/C31H38N2O5S/c1-21(2)22-10-8-11-23(18-22)24-16-17-29(32-19-24)39(35,36)33-27-14-7-6-12-26-25(27)13-9-15-28(26)37-20-30(34)38-31(3,4)5/h8-11,13,16-19,21,33H,6-7,12,14-15,20H2,1-5H3. The van der Waals surface area contributed by atoms with E-state index in [2.05, 4.69) is 35.7 Å². The minimum Gasteiger partial charge on any atom is -0.486 e. The van der Waals surface area contributed by atoms with E-state index in [-0.39, 0.29) is 11.6 Å². The van der Waals surface area contributed by atoms with Gasteiger partial charge in [0, 0.05) is 29.5 Å². The molecule has 1 N–H and O–H groups in total. The molecule has 4 rings (SSSR count). The van der Waals surface area contributed by atoms with E-state index in [0.717, 1.165) is 41.5 Å². The number of carbonyl (C=O) groups is 1. The molecule has 1 heterocycles. The number of esters is 1. The van der Waals surface area contributed by atoms with Crippen molar-refractivity contribution in [3.05, 3.63) is 82.9 Å². The van der Waals surface area contributed by atoms with Crippen LogP contribution in [0.2, 0.25) is 0 Å². The number of fused-ring (bicyclic) bond motifs is 1. The number of hydrogen-bond donors (Lipinski definition) is 1. The molecular weight excluding hydrogens is 512 g/mol. The van der Waals surface area contributed by atoms with E-state index in [4.69, 9.17) is 9.47 Å². The minimum atomic E-state index is -3.90. The van der Waals surface area contributed by atoms with Crippen LogP contribution >= 0.6 is 0 Å². The van der Waals surface area contributed by atoms with Crippen molar-refractivity contribution in [2.24, 2.45) is 0 Å². The van der Waals surface area contributed by atoms with E-state index in [9.17, 15) is 13.2 Å². The lowest BCUT2D eigenvalue weighted by atomic mass is 9.94. The lowest BCUT2D eigenvalue weighted by Crippen LogP contribution is -2.27. The van der Waals surface area contributed by atoms with Gasteiger partial charge in [-0.25, -0.2) is 9.78 Å². The second kappa shape index (κ2) is 11.8. The summed E-state index contributed by atoms with van der Waals surface area (Å²) < 4.78 is 40.8. The van der Waals surface area contributed by atoms with E-state index in [1.165, 1.54) is 5.56 Å². The van der Waals surface area contributed by atoms with Gasteiger partial charge in [0.1, 0.15) is 11.4 Å². The molecule has 0 atom stereocenters. The third-order valence-electron chi connectivity index (χ3n) is 6.62. The summed E-state index contributed by atoms with van der Waals surface area (Å²) in [6.07, 6.45) is 9.07. The van der Waals surface area contributed by atoms with E-state index in [1.807, 2.05) is 45.1 Å². The summed E-state index contributed by atoms with van der Waals surface area (Å²) in [5, 5.41) is -0.0321. The van der Waals surface area contributed by atoms with Crippen LogP contribution < -0.4 is 4.72 Å². The number of allylic oxidation sites excluding steroid dienone is 5. The molecule has 0 saturated heterocycles. The van der Waals surface area contributed by atoms with Crippen molar-refractivity contribution >= 4 is 16.0 Å². The lowest BCUT2D eigenvalue weighted by molar-refractivity contribution is -0.158. The fraction of sp³-hybridized carbons (Fsp3) is 0.419. The largest absolute Gasteiger partial charge is 0.486 e. The first kappa shape index (κ1) is 28.6. The molecule has 1 aromatic heterocycles. The van der Waals surface area contributed by atoms with Gasteiger partial charge in [-0.3, -0.25) is 4.72 Å². The monoisotopic (exact) mass is 550 g/mol. The minimum absolute atomic E-state index is 0.0321. The Labute approximate surface area is 232 Å². The summed E-state index contributed by atoms with van der Waals surface area (Å²) in [4.78, 5) is 16.5. The molecule has 0 radical (unpaired) electrons. The summed E-state index contributed by atoms with van der Waals surface area (Å²) in [6, 6.07) is 11.5. The van der Waals surface area contributed by atoms with Crippen LogP contribution in [0.4, 0.5) is 0 Å². The first-order valence-electron chi connectivity index (χ1n) is 13.5. The summed E-state index contributed by atoms with van der Waals surface area (Å²) in [6.45, 7) is 9.53. The molecular formula is C31H38N2O5S. The number of aromatic nitrogens is 1. The van der Waals surface area contributed by atoms with Gasteiger partial charge in [0.25, 0.3) is 10.0 Å². The molecule has 1 aromatic carbocycles. The van der Waals surface area contributed by atoms with Crippen LogP contribution in [0.1, 0.15) is 78.2 Å². The van der Waals surface area contributed by atoms with E-state index < -0.39 is 21.6 Å². The van der Waals surface area contributed by atoms with Gasteiger partial charge in [0.05, 0.1) is 0 Å². The quantitative estimate of drug-likeness (QED) is 0.375. The number of rotatable bonds is 8. The number of benzene rings is 1. The number of ether oxygens (including phenoxy) is 2. The van der Waals surface area contributed by atoms with Crippen molar-refractivity contribution < 1.29 is 22.7 Å². The molecule has 0 spiro atoms. The Bertz CT molecular complexity index is 1410. The van der Waals surface area contributed by atoms with Gasteiger partial charge in [0.2, 0.25) is 0 Å². The summed E-state index contributed by atoms with van der Waals surface area (Å²) in [5.74, 6) is 0.644. The zero-order valence-corrected chi connectivity index (χ0v) is 24.2. The average molecular weight is 551 g/mol. The van der Waals surface area contributed by atoms with Crippen LogP contribution in [0, 0.1) is 0 Å². The summed E-state index contributed by atoms with van der Waals surface area (Å²) >= 11 is 0. The number of nitrogens with one attached hydrogen (secondary N) is 1. The second-order valence-electron chi connectivity index (χ2n) is 11.3. The van der Waals surface area contributed by atoms with Gasteiger partial charge in [-0.15, -0.1) is 0 Å². The smallest absolute Gasteiger partial charge is 0.344 e. The molecule has 0 amide bonds. The topological polar surface area (TPSA) is 94.6 Å². The zero-order chi connectivity index (χ0) is 28.2. The van der Waals surface area contributed by atoms with Crippen molar-refractivity contribution in [3.8, 4) is 11.1 Å². The van der Waals surface area contributed by atoms with Gasteiger partial charge in [-0.2, -0.15) is 8.42 Å². The Kier molecular flexibility index (Phi) is 8.64. The molecule has 2 aliphatic carbocycles. The van der Waals surface area contributed by atoms with Crippen LogP contribution in [-0.2, 0) is 24.3 Å². The Balaban J connectivity index is 1.55. The molecule has 0 unspecified atom stereocenters. The maximum atomic E-state index is 13.4. The highest BCUT2D eigenvalue weighted by Gasteiger charge is 2.26. The van der Waals surface area contributed by atoms with Crippen molar-refractivity contribution in [1.29, 1.82) is 0 Å². The first-order chi connectivity index (χ1) is 18.4. The SMILES string of the molecule is CC(C)c1cccc(-c2ccc(S(=O)(=O)NC3=C4C=CCC(OCC(=O)OC(C)(C)C)=C4CCCC3)nc2)c1. The Morgan fingerprint density at radius 2 is 1.85 bits per heavy atom. The number of sulfonamides is 1. The molecule has 0 fully saturated rings. The highest BCUT2D eigenvalue weighted by atomic mass is 32.2. The van der Waals surface area contributed by atoms with E-state index >= 15 is 0 Å². The third kappa shape index (κ3) is 7.38. The number of pyridine rings is 1. The van der Waals surface area contributed by atoms with Crippen LogP contribution in [0.15, 0.2) is 82.4 Å². The normalized spacial score (nSPS) is 16.2. The van der Waals surface area contributed by atoms with Crippen molar-refractivity contribution in [2.75, 3.05) is 6.61 Å². The van der Waals surface area contributed by atoms with Crippen molar-refractivity contribution in [1.82, 2.24) is 9.71 Å². The first-order valence-corrected chi connectivity index (χ1v) is 15.0. The van der Waals surface area contributed by atoms with Crippen LogP contribution in [0.25, 0.3) is 11.1 Å². The molecule has 2 aliphatic rings. The number of hydrogen-bond acceptors (Lipinski definition) is 6. The number of nitrogens with zero attached hydrogens (tertiary/aromatic N) is 1. The maximum absolute atomic E-state index is 13.4. The third-order valence-corrected chi connectivity index (χ3v) is 7.93. The van der Waals surface area contributed by atoms with Gasteiger partial charge in [-0.1, -0.05) is 50.3 Å². The molecule has 8 heteroatoms. The van der Waals surface area contributed by atoms with Gasteiger partial charge in [-0.05, 0) is 81.2 Å². The Morgan fingerprint density at radius 1 is 1.08 bits per heavy atom. The van der Waals surface area contributed by atoms with Crippen LogP contribution in [0.5, 0.6) is 0 Å². The predicted octanol–water partition coefficient (Wildman–Crippen LogP) is 6.55. The molecule has 208 valence electrons. The zero-order valence-electron chi connectivity index (χ0n) is 23.4. The van der Waals surface area contributed by atoms with Crippen molar-refractivity contribution in [3.63, 3.8) is 0 Å².